The lowest BCUT2D eigenvalue weighted by Crippen LogP contribution is -2.26. The maximum absolute atomic E-state index is 5.58. The average Bonchev–Trinajstić information content (AvgIpc) is 1.62. The highest BCUT2D eigenvalue weighted by molar-refractivity contribution is 9.12. The van der Waals surface area contributed by atoms with Crippen LogP contribution in [0, 0.1) is 0 Å². The third-order valence-electron chi connectivity index (χ3n) is 0.491. The Kier molecular flexibility index (Phi) is 5.07. The normalized spacial score (nSPS) is 16.1. The smallest absolute Gasteiger partial charge is 0.125 e. The molecule has 0 rings (SSSR count). The molecule has 0 heterocycles. The van der Waals surface area contributed by atoms with Gasteiger partial charge in [0.15, 0.2) is 0 Å². The lowest BCUT2D eigenvalue weighted by molar-refractivity contribution is 1.46. The maximum atomic E-state index is 5.58. The van der Waals surface area contributed by atoms with Gasteiger partial charge in [-0.1, -0.05) is 31.9 Å². The van der Waals surface area contributed by atoms with E-state index in [1.807, 2.05) is 0 Å². The van der Waals surface area contributed by atoms with Crippen molar-refractivity contribution >= 4 is 71.1 Å². The van der Waals surface area contributed by atoms with Gasteiger partial charge in [-0.25, -0.2) is 0 Å². The van der Waals surface area contributed by atoms with Crippen molar-refractivity contribution in [1.29, 1.82) is 0 Å². The molecule has 6 heteroatoms. The van der Waals surface area contributed by atoms with E-state index >= 15 is 0 Å². The summed E-state index contributed by atoms with van der Waals surface area (Å²) in [6.07, 6.45) is 0. The molecule has 0 aliphatic rings. The van der Waals surface area contributed by atoms with Crippen molar-refractivity contribution in [2.45, 2.75) is 4.45 Å². The van der Waals surface area contributed by atoms with Crippen LogP contribution in [0.25, 0.3) is 0 Å². The van der Waals surface area contributed by atoms with E-state index in [-0.39, 0.29) is 4.45 Å². The molecule has 0 fully saturated rings. The van der Waals surface area contributed by atoms with Crippen LogP contribution in [0.15, 0.2) is 0 Å². The van der Waals surface area contributed by atoms with Crippen molar-refractivity contribution in [3.05, 3.63) is 0 Å². The second-order valence-electron chi connectivity index (χ2n) is 1.16. The molecule has 0 bridgehead atoms. The average molecular weight is 321 g/mol. The highest BCUT2D eigenvalue weighted by Crippen LogP contribution is 2.30. The van der Waals surface area contributed by atoms with Gasteiger partial charge in [0, 0.05) is 5.33 Å². The molecular formula is C2H3Br2Cl3Si. The molecule has 0 N–H and O–H groups in total. The van der Waals surface area contributed by atoms with E-state index < -0.39 is 6.00 Å². The third kappa shape index (κ3) is 3.96. The molecule has 0 aliphatic carbocycles. The molecule has 0 aliphatic heterocycles. The molecule has 0 amide bonds. The molecule has 0 aromatic carbocycles. The Labute approximate surface area is 80.2 Å². The van der Waals surface area contributed by atoms with E-state index in [0.29, 0.717) is 5.33 Å². The van der Waals surface area contributed by atoms with Crippen LogP contribution < -0.4 is 0 Å². The first-order valence-electron chi connectivity index (χ1n) is 1.75. The first-order chi connectivity index (χ1) is 3.48. The van der Waals surface area contributed by atoms with Crippen LogP contribution in [0.4, 0.5) is 0 Å². The monoisotopic (exact) mass is 318 g/mol. The Morgan fingerprint density at radius 3 is 1.75 bits per heavy atom. The zero-order valence-electron chi connectivity index (χ0n) is 3.67. The standard InChI is InChI=1S/C2H3Br2Cl3Si/c3-1-2(4)8(5,6)7/h2H,1H2/t2-/m0/s1. The summed E-state index contributed by atoms with van der Waals surface area (Å²) in [5, 5.41) is 0.690. The van der Waals surface area contributed by atoms with Gasteiger partial charge in [-0.05, 0) is 0 Å². The highest BCUT2D eigenvalue weighted by Gasteiger charge is 2.33. The molecule has 0 unspecified atom stereocenters. The Bertz CT molecular complexity index is 72.2. The molecule has 0 saturated carbocycles. The SMILES string of the molecule is Cl[Si](Cl)(Cl)[C@H](Br)CBr. The topological polar surface area (TPSA) is 0 Å². The van der Waals surface area contributed by atoms with Gasteiger partial charge in [0.25, 0.3) is 0 Å². The van der Waals surface area contributed by atoms with Gasteiger partial charge in [-0.15, -0.1) is 33.2 Å². The first kappa shape index (κ1) is 10.0. The largest absolute Gasteiger partial charge is 0.355 e. The zero-order chi connectivity index (χ0) is 6.78. The van der Waals surface area contributed by atoms with Gasteiger partial charge in [0.05, 0.1) is 4.45 Å². The summed E-state index contributed by atoms with van der Waals surface area (Å²) in [5.41, 5.74) is 0. The summed E-state index contributed by atoms with van der Waals surface area (Å²) >= 11 is 23.1. The predicted molar refractivity (Wildman–Crippen MR) is 49.8 cm³/mol. The molecule has 0 saturated heterocycles. The molecule has 8 heavy (non-hydrogen) atoms. The van der Waals surface area contributed by atoms with Gasteiger partial charge in [-0.3, -0.25) is 0 Å². The number of hydrogen-bond donors (Lipinski definition) is 0. The Morgan fingerprint density at radius 1 is 1.38 bits per heavy atom. The van der Waals surface area contributed by atoms with Gasteiger partial charge < -0.3 is 0 Å². The van der Waals surface area contributed by atoms with E-state index in [1.54, 1.807) is 0 Å². The minimum absolute atomic E-state index is 0.0139. The van der Waals surface area contributed by atoms with E-state index in [4.69, 9.17) is 33.2 Å². The van der Waals surface area contributed by atoms with Gasteiger partial charge in [0.1, 0.15) is 0 Å². The van der Waals surface area contributed by atoms with Crippen LogP contribution in [0.3, 0.4) is 0 Å². The van der Waals surface area contributed by atoms with E-state index in [1.165, 1.54) is 0 Å². The molecular weight excluding hydrogens is 318 g/mol. The summed E-state index contributed by atoms with van der Waals surface area (Å²) in [6, 6.07) is -2.47. The summed E-state index contributed by atoms with van der Waals surface area (Å²) in [6.45, 7) is 0. The Balaban J connectivity index is 3.62. The van der Waals surface area contributed by atoms with Crippen molar-refractivity contribution in [2.75, 3.05) is 5.33 Å². The summed E-state index contributed by atoms with van der Waals surface area (Å²) in [5.74, 6) is 0. The fourth-order valence-electron chi connectivity index (χ4n) is 0.0875. The second-order valence-corrected chi connectivity index (χ2v) is 12.6. The second kappa shape index (κ2) is 4.04. The summed E-state index contributed by atoms with van der Waals surface area (Å²) in [4.78, 5) is 0. The molecule has 0 spiro atoms. The summed E-state index contributed by atoms with van der Waals surface area (Å²) < 4.78 is 0.0139. The fraction of sp³-hybridized carbons (Fsp3) is 1.00. The molecule has 0 radical (unpaired) electrons. The van der Waals surface area contributed by atoms with Crippen molar-refractivity contribution < 1.29 is 0 Å². The highest BCUT2D eigenvalue weighted by atomic mass is 79.9. The quantitative estimate of drug-likeness (QED) is 0.416. The maximum Gasteiger partial charge on any atom is 0.355 e. The van der Waals surface area contributed by atoms with Gasteiger partial charge >= 0.3 is 6.00 Å². The van der Waals surface area contributed by atoms with E-state index in [0.717, 1.165) is 0 Å². The van der Waals surface area contributed by atoms with Crippen molar-refractivity contribution in [1.82, 2.24) is 0 Å². The molecule has 0 aromatic heterocycles. The number of rotatable bonds is 2. The van der Waals surface area contributed by atoms with E-state index in [9.17, 15) is 0 Å². The van der Waals surface area contributed by atoms with Crippen molar-refractivity contribution in [3.8, 4) is 0 Å². The third-order valence-corrected chi connectivity index (χ3v) is 10.6. The Morgan fingerprint density at radius 2 is 1.75 bits per heavy atom. The number of halogens is 5. The van der Waals surface area contributed by atoms with Crippen LogP contribution in [0.5, 0.6) is 0 Å². The lowest BCUT2D eigenvalue weighted by Gasteiger charge is -2.11. The van der Waals surface area contributed by atoms with Crippen LogP contribution in [-0.2, 0) is 0 Å². The zero-order valence-corrected chi connectivity index (χ0v) is 10.1. The predicted octanol–water partition coefficient (Wildman–Crippen LogP) is 3.34. The lowest BCUT2D eigenvalue weighted by atomic mass is 11.0. The molecule has 0 aromatic rings. The van der Waals surface area contributed by atoms with Crippen molar-refractivity contribution in [3.63, 3.8) is 0 Å². The van der Waals surface area contributed by atoms with Crippen LogP contribution >= 0.6 is 65.1 Å². The molecule has 50 valence electrons. The fourth-order valence-corrected chi connectivity index (χ4v) is 4.09. The minimum atomic E-state index is -2.47. The van der Waals surface area contributed by atoms with Crippen LogP contribution in [0.1, 0.15) is 0 Å². The van der Waals surface area contributed by atoms with Gasteiger partial charge in [-0.2, -0.15) is 0 Å². The molecule has 0 nitrogen and oxygen atoms in total. The first-order valence-corrected chi connectivity index (χ1v) is 8.90. The van der Waals surface area contributed by atoms with Crippen LogP contribution in [0.2, 0.25) is 0 Å². The van der Waals surface area contributed by atoms with Crippen LogP contribution in [-0.4, -0.2) is 15.8 Å². The van der Waals surface area contributed by atoms with Crippen molar-refractivity contribution in [2.24, 2.45) is 0 Å². The minimum Gasteiger partial charge on any atom is -0.125 e. The van der Waals surface area contributed by atoms with E-state index in [2.05, 4.69) is 31.9 Å². The Hall–Kier alpha value is 2.05. The number of hydrogen-bond acceptors (Lipinski definition) is 0. The number of alkyl halides is 2. The summed E-state index contributed by atoms with van der Waals surface area (Å²) in [7, 11) is 0. The van der Waals surface area contributed by atoms with Gasteiger partial charge in [0.2, 0.25) is 0 Å². The molecule has 1 atom stereocenters.